The van der Waals surface area contributed by atoms with Gasteiger partial charge in [0.25, 0.3) is 0 Å². The van der Waals surface area contributed by atoms with Crippen molar-refractivity contribution >= 4 is 114 Å². The van der Waals surface area contributed by atoms with Gasteiger partial charge in [-0.2, -0.15) is 72.4 Å². The fourth-order valence-electron chi connectivity index (χ4n) is 7.69. The highest BCUT2D eigenvalue weighted by Crippen LogP contribution is 2.37. The smallest absolute Gasteiger partial charge is 0.407 e. The van der Waals surface area contributed by atoms with Crippen LogP contribution in [0.5, 0.6) is 0 Å². The van der Waals surface area contributed by atoms with E-state index < -0.39 is 18.2 Å². The third-order valence-corrected chi connectivity index (χ3v) is 10.7. The molecule has 0 unspecified atom stereocenters. The number of H-pyrrole nitrogens is 1. The summed E-state index contributed by atoms with van der Waals surface area (Å²) >= 11 is 0. The molecule has 3 aromatic rings. The molecule has 18 heteroatoms. The van der Waals surface area contributed by atoms with Gasteiger partial charge in [0, 0.05) is 42.0 Å². The lowest BCUT2D eigenvalue weighted by molar-refractivity contribution is -0.188. The number of carbonyl (C=O) groups is 3. The Morgan fingerprint density at radius 1 is 0.900 bits per heavy atom. The number of hydrogen-bond donors (Lipinski definition) is 2. The van der Waals surface area contributed by atoms with E-state index >= 15 is 0 Å². The van der Waals surface area contributed by atoms with Crippen molar-refractivity contribution in [2.75, 3.05) is 20.8 Å². The van der Waals surface area contributed by atoms with Crippen molar-refractivity contribution < 1.29 is 28.9 Å². The number of amides is 3. The summed E-state index contributed by atoms with van der Waals surface area (Å²) in [7, 11) is 2.69. The highest BCUT2D eigenvalue weighted by molar-refractivity contribution is 7.60. The van der Waals surface area contributed by atoms with Crippen LogP contribution < -0.4 is 5.32 Å². The van der Waals surface area contributed by atoms with E-state index in [4.69, 9.17) is 19.6 Å². The second-order valence-corrected chi connectivity index (χ2v) is 15.1. The number of hydrogen-bond acceptors (Lipinski definition) is 9. The van der Waals surface area contributed by atoms with E-state index in [0.29, 0.717) is 13.0 Å². The molecule has 4 heterocycles. The van der Waals surface area contributed by atoms with Gasteiger partial charge in [-0.1, -0.05) is 51.7 Å². The molecule has 13 nitrogen and oxygen atoms in total. The summed E-state index contributed by atoms with van der Waals surface area (Å²) in [6.07, 6.45) is 6.56. The summed E-state index contributed by atoms with van der Waals surface area (Å²) in [6, 6.07) is 12.5. The molecule has 330 valence electrons. The van der Waals surface area contributed by atoms with Crippen LogP contribution in [-0.4, -0.2) is 94.7 Å². The molecule has 3 aliphatic heterocycles. The zero-order valence-corrected chi connectivity index (χ0v) is 40.2. The van der Waals surface area contributed by atoms with Crippen LogP contribution in [0.2, 0.25) is 0 Å². The predicted molar refractivity (Wildman–Crippen MR) is 263 cm³/mol. The van der Waals surface area contributed by atoms with Gasteiger partial charge in [-0.3, -0.25) is 14.6 Å². The van der Waals surface area contributed by atoms with E-state index in [1.807, 2.05) is 81.0 Å². The Kier molecular flexibility index (Phi) is 22.3. The summed E-state index contributed by atoms with van der Waals surface area (Å²) < 4.78 is 4.78. The van der Waals surface area contributed by atoms with Gasteiger partial charge < -0.3 is 29.7 Å². The van der Waals surface area contributed by atoms with E-state index in [1.54, 1.807) is 0 Å². The molecule has 0 bridgehead atoms. The Balaban J connectivity index is 0.00000360. The van der Waals surface area contributed by atoms with Crippen LogP contribution in [0.15, 0.2) is 58.6 Å². The Bertz CT molecular complexity index is 2060. The molecule has 0 spiro atoms. The molecule has 2 N–H and O–H groups in total. The topological polar surface area (TPSA) is 151 Å². The molecule has 3 aliphatic rings. The molecule has 3 amide bonds. The number of likely N-dealkylation sites (tertiary alicyclic amines) is 2. The maximum atomic E-state index is 13.8. The molecule has 2 fully saturated rings. The van der Waals surface area contributed by atoms with Gasteiger partial charge in [0.15, 0.2) is 0 Å². The minimum absolute atomic E-state index is 0. The quantitative estimate of drug-likeness (QED) is 0.0709. The number of imidazole rings is 1. The lowest BCUT2D eigenvalue weighted by Gasteiger charge is -2.32. The molecule has 2 saturated heterocycles. The maximum Gasteiger partial charge on any atom is 0.407 e. The van der Waals surface area contributed by atoms with Crippen molar-refractivity contribution in [3.8, 4) is 11.8 Å². The van der Waals surface area contributed by atoms with E-state index in [2.05, 4.69) is 44.2 Å². The first-order chi connectivity index (χ1) is 26.5. The summed E-state index contributed by atoms with van der Waals surface area (Å²) in [5.41, 5.74) is 6.54. The Labute approximate surface area is 388 Å². The number of methoxy groups -OCH3 is 1. The van der Waals surface area contributed by atoms with Crippen molar-refractivity contribution in [1.82, 2.24) is 25.1 Å². The minimum Gasteiger partial charge on any atom is -0.453 e. The summed E-state index contributed by atoms with van der Waals surface area (Å²) in [5.74, 6) is 7.01. The zero-order valence-electron chi connectivity index (χ0n) is 35.2. The normalized spacial score (nSPS) is 19.1. The van der Waals surface area contributed by atoms with Crippen molar-refractivity contribution in [2.45, 2.75) is 96.9 Å². The summed E-state index contributed by atoms with van der Waals surface area (Å²) in [6.45, 7) is 10.5. The number of aromatic amines is 1. The van der Waals surface area contributed by atoms with Crippen LogP contribution in [-0.2, 0) is 24.1 Å². The van der Waals surface area contributed by atoms with Gasteiger partial charge >= 0.3 is 6.09 Å². The fourth-order valence-corrected chi connectivity index (χ4v) is 7.69. The van der Waals surface area contributed by atoms with Gasteiger partial charge in [0.1, 0.15) is 17.9 Å². The van der Waals surface area contributed by atoms with Crippen molar-refractivity contribution in [1.29, 1.82) is 0 Å². The van der Waals surface area contributed by atoms with Crippen molar-refractivity contribution in [3.63, 3.8) is 0 Å². The third-order valence-electron chi connectivity index (χ3n) is 10.7. The van der Waals surface area contributed by atoms with E-state index in [0.717, 1.165) is 70.5 Å². The van der Waals surface area contributed by atoms with Crippen LogP contribution >= 0.6 is 67.5 Å². The first-order valence-electron chi connectivity index (χ1n) is 19.0. The number of benzene rings is 2. The Morgan fingerprint density at radius 3 is 2.23 bits per heavy atom. The van der Waals surface area contributed by atoms with Gasteiger partial charge in [-0.15, -0.1) is 0 Å². The highest BCUT2D eigenvalue weighted by Gasteiger charge is 2.41. The number of ether oxygens (including phenoxy) is 1. The molecular weight excluding hydrogens is 859 g/mol. The zero-order chi connectivity index (χ0) is 39.2. The Morgan fingerprint density at radius 2 is 1.58 bits per heavy atom. The average Bonchev–Trinajstić information content (AvgIpc) is 4.00. The largest absolute Gasteiger partial charge is 0.453 e. The monoisotopic (exact) mass is 919 g/mol. The molecule has 1 aromatic heterocycles. The number of fused-ring (bicyclic) bond motifs is 1. The lowest BCUT2D eigenvalue weighted by Crippen LogP contribution is -2.52. The van der Waals surface area contributed by atoms with Crippen molar-refractivity contribution in [2.24, 2.45) is 21.8 Å². The number of allylic oxidation sites excluding steroid dienone is 1. The van der Waals surface area contributed by atoms with E-state index in [1.165, 1.54) is 20.6 Å². The molecule has 2 aromatic carbocycles. The predicted octanol–water partition coefficient (Wildman–Crippen LogP) is 6.77. The van der Waals surface area contributed by atoms with Crippen LogP contribution in [0, 0.1) is 23.7 Å². The maximum absolute atomic E-state index is 13.8. The van der Waals surface area contributed by atoms with Gasteiger partial charge in [-0.25, -0.2) is 14.8 Å². The third kappa shape index (κ3) is 12.4. The molecule has 60 heavy (non-hydrogen) atoms. The lowest BCUT2D eigenvalue weighted by atomic mass is 9.97. The Hall–Kier alpha value is -3.73. The molecule has 0 saturated carbocycles. The van der Waals surface area contributed by atoms with Gasteiger partial charge in [0.2, 0.25) is 18.2 Å². The van der Waals surface area contributed by atoms with Crippen molar-refractivity contribution in [3.05, 3.63) is 71.2 Å². The molecule has 0 radical (unpaired) electrons. The number of nitrogens with zero attached hydrogens (tertiary/aromatic N) is 5. The summed E-state index contributed by atoms with van der Waals surface area (Å²) in [4.78, 5) is 69.9. The van der Waals surface area contributed by atoms with Gasteiger partial charge in [0.05, 0.1) is 37.3 Å². The molecular formula is C42H61N7O6S5. The first kappa shape index (κ1) is 54.3. The minimum atomic E-state index is -0.705. The highest BCUT2D eigenvalue weighted by atomic mass is 32.1. The van der Waals surface area contributed by atoms with E-state index in [9.17, 15) is 14.4 Å². The number of nitrogens with one attached hydrogen (secondary N) is 2. The van der Waals surface area contributed by atoms with Crippen LogP contribution in [0.3, 0.4) is 0 Å². The molecule has 6 rings (SSSR count). The SMILES string of the molecule is COOC=N[C@H](C(=O)N1CCC[C@H]1C1=NC=C(c2ccc(C#Cc3ccc4nc([C@@H]5CC[C@H](C)N5C(=O)[C@@H](NC(=O)OC)C(C)C)[nH]c4c3)cc2)C1)C(C)C.S.S.S.S.S. The fraction of sp³-hybridized carbons (Fsp3) is 0.476. The molecule has 0 aliphatic carbocycles. The summed E-state index contributed by atoms with van der Waals surface area (Å²) in [5, 5.41) is 2.72. The standard InChI is InChI=1S/C42H51N7O6.5H2S/c1-25(2)37(44-24-55-54-7)40(50)48-20-8-9-35(48)34-22-31(23-43-34)30-16-13-28(14-17-30)11-12-29-15-18-32-33(21-29)46-39(45-32)36-19-10-27(5)49(36)41(51)38(26(3)4)47-42(52)53-6;;;;;/h13-18,21,23-27,35-38H,8-10,19-20,22H2,1-7H3,(H,45,46)(H,47,52);5*1H2/t27-,35-,36-,37-,38-;;;;;/m0...../s1. The number of carbonyl (C=O) groups excluding carboxylic acids is 3. The first-order valence-corrected chi connectivity index (χ1v) is 19.0. The van der Waals surface area contributed by atoms with E-state index in [-0.39, 0.29) is 109 Å². The second-order valence-electron chi connectivity index (χ2n) is 15.1. The average molecular weight is 920 g/mol. The van der Waals surface area contributed by atoms with Crippen LogP contribution in [0.1, 0.15) is 95.3 Å². The van der Waals surface area contributed by atoms with Crippen LogP contribution in [0.25, 0.3) is 16.6 Å². The second kappa shape index (κ2) is 24.6. The van der Waals surface area contributed by atoms with Gasteiger partial charge in [-0.05, 0) is 85.9 Å². The number of rotatable bonds is 11. The number of aliphatic imine (C=N–C) groups is 2. The number of alkyl carbamates (subject to hydrolysis) is 1. The molecule has 5 atom stereocenters. The van der Waals surface area contributed by atoms with Crippen LogP contribution in [0.4, 0.5) is 4.79 Å². The number of aromatic nitrogens is 2.